The maximum atomic E-state index is 11.9. The number of hydrogen-bond acceptors (Lipinski definition) is 3. The van der Waals surface area contributed by atoms with Crippen molar-refractivity contribution < 1.29 is 8.42 Å². The highest BCUT2D eigenvalue weighted by Gasteiger charge is 2.23. The Morgan fingerprint density at radius 2 is 2.10 bits per heavy atom. The van der Waals surface area contributed by atoms with Crippen LogP contribution in [0.5, 0.6) is 0 Å². The summed E-state index contributed by atoms with van der Waals surface area (Å²) in [7, 11) is -2.93. The summed E-state index contributed by atoms with van der Waals surface area (Å²) < 4.78 is 23.9. The number of benzene rings is 1. The Hall–Kier alpha value is -0.580. The first kappa shape index (κ1) is 16.8. The molecule has 5 heteroatoms. The molecule has 1 aromatic rings. The van der Waals surface area contributed by atoms with Gasteiger partial charge in [0, 0.05) is 23.4 Å². The zero-order valence-corrected chi connectivity index (χ0v) is 14.1. The highest BCUT2D eigenvalue weighted by molar-refractivity contribution is 7.91. The van der Waals surface area contributed by atoms with Crippen LogP contribution in [0.25, 0.3) is 0 Å². The summed E-state index contributed by atoms with van der Waals surface area (Å²) in [5, 5.41) is 4.21. The molecule has 1 N–H and O–H groups in total. The third-order valence-electron chi connectivity index (χ3n) is 3.84. The Bertz CT molecular complexity index is 555. The molecular weight excluding hydrogens is 306 g/mol. The third-order valence-corrected chi connectivity index (χ3v) is 5.97. The summed E-state index contributed by atoms with van der Waals surface area (Å²) in [5.74, 6) is 0.742. The first-order valence-electron chi connectivity index (χ1n) is 7.69. The van der Waals surface area contributed by atoms with Gasteiger partial charge in [-0.05, 0) is 49.3 Å². The van der Waals surface area contributed by atoms with Crippen molar-refractivity contribution in [2.75, 3.05) is 18.1 Å². The molecule has 1 atom stereocenters. The van der Waals surface area contributed by atoms with E-state index in [9.17, 15) is 8.42 Å². The molecule has 21 heavy (non-hydrogen) atoms. The van der Waals surface area contributed by atoms with E-state index in [1.165, 1.54) is 12.8 Å². The molecule has 2 rings (SSSR count). The number of hydrogen-bond donors (Lipinski definition) is 1. The number of halogens is 1. The van der Waals surface area contributed by atoms with Crippen molar-refractivity contribution in [3.05, 3.63) is 34.9 Å². The molecule has 1 aliphatic rings. The lowest BCUT2D eigenvalue weighted by Crippen LogP contribution is -2.25. The maximum Gasteiger partial charge on any atom is 0.150 e. The van der Waals surface area contributed by atoms with E-state index in [0.29, 0.717) is 23.9 Å². The maximum absolute atomic E-state index is 11.9. The minimum Gasteiger partial charge on any atom is -0.313 e. The van der Waals surface area contributed by atoms with Crippen LogP contribution in [-0.2, 0) is 9.84 Å². The van der Waals surface area contributed by atoms with E-state index in [-0.39, 0.29) is 17.4 Å². The van der Waals surface area contributed by atoms with E-state index in [0.717, 1.165) is 12.1 Å². The van der Waals surface area contributed by atoms with Crippen molar-refractivity contribution in [2.45, 2.75) is 44.6 Å². The van der Waals surface area contributed by atoms with Gasteiger partial charge in [-0.2, -0.15) is 0 Å². The van der Waals surface area contributed by atoms with Crippen LogP contribution in [-0.4, -0.2) is 32.5 Å². The molecule has 0 aromatic heterocycles. The van der Waals surface area contributed by atoms with Crippen molar-refractivity contribution in [1.29, 1.82) is 0 Å². The lowest BCUT2D eigenvalue weighted by Gasteiger charge is -2.18. The molecule has 118 valence electrons. The first-order valence-corrected chi connectivity index (χ1v) is 9.89. The van der Waals surface area contributed by atoms with E-state index in [1.807, 2.05) is 31.2 Å². The van der Waals surface area contributed by atoms with Gasteiger partial charge in [0.15, 0.2) is 0 Å². The van der Waals surface area contributed by atoms with Gasteiger partial charge in [-0.3, -0.25) is 0 Å². The van der Waals surface area contributed by atoms with Crippen LogP contribution in [0, 0.1) is 0 Å². The van der Waals surface area contributed by atoms with Crippen LogP contribution in [0.1, 0.15) is 44.1 Å². The minimum atomic E-state index is -2.93. The molecule has 0 aliphatic heterocycles. The predicted octanol–water partition coefficient (Wildman–Crippen LogP) is 3.39. The second kappa shape index (κ2) is 7.61. The van der Waals surface area contributed by atoms with E-state index < -0.39 is 9.84 Å². The Kier molecular flexibility index (Phi) is 6.08. The smallest absolute Gasteiger partial charge is 0.150 e. The van der Waals surface area contributed by atoms with Gasteiger partial charge in [-0.1, -0.05) is 30.7 Å². The van der Waals surface area contributed by atoms with Gasteiger partial charge in [0.25, 0.3) is 0 Å². The molecule has 1 aromatic carbocycles. The summed E-state index contributed by atoms with van der Waals surface area (Å²) in [4.78, 5) is 0. The molecule has 0 spiro atoms. The van der Waals surface area contributed by atoms with Crippen LogP contribution in [0.15, 0.2) is 24.3 Å². The van der Waals surface area contributed by atoms with Crippen LogP contribution in [0.4, 0.5) is 0 Å². The van der Waals surface area contributed by atoms with Gasteiger partial charge < -0.3 is 5.32 Å². The fraction of sp³-hybridized carbons (Fsp3) is 0.625. The average Bonchev–Trinajstić information content (AvgIpc) is 3.22. The largest absolute Gasteiger partial charge is 0.313 e. The van der Waals surface area contributed by atoms with Crippen molar-refractivity contribution in [3.8, 4) is 0 Å². The molecule has 0 bridgehead atoms. The quantitative estimate of drug-likeness (QED) is 0.755. The summed E-state index contributed by atoms with van der Waals surface area (Å²) >= 11 is 6.07. The summed E-state index contributed by atoms with van der Waals surface area (Å²) in [5.41, 5.74) is 1.13. The molecule has 1 unspecified atom stereocenters. The fourth-order valence-electron chi connectivity index (χ4n) is 2.48. The molecule has 0 radical (unpaired) electrons. The van der Waals surface area contributed by atoms with Crippen molar-refractivity contribution >= 4 is 21.4 Å². The molecule has 3 nitrogen and oxygen atoms in total. The molecule has 0 amide bonds. The van der Waals surface area contributed by atoms with Gasteiger partial charge >= 0.3 is 0 Å². The van der Waals surface area contributed by atoms with Gasteiger partial charge in [-0.15, -0.1) is 0 Å². The van der Waals surface area contributed by atoms with E-state index in [4.69, 9.17) is 11.6 Å². The third kappa shape index (κ3) is 5.97. The molecule has 0 heterocycles. The van der Waals surface area contributed by atoms with Crippen molar-refractivity contribution in [2.24, 2.45) is 0 Å². The summed E-state index contributed by atoms with van der Waals surface area (Å²) in [6, 6.07) is 8.40. The second-order valence-corrected chi connectivity index (χ2v) is 8.62. The van der Waals surface area contributed by atoms with E-state index in [2.05, 4.69) is 5.32 Å². The van der Waals surface area contributed by atoms with Crippen LogP contribution in [0.2, 0.25) is 5.02 Å². The monoisotopic (exact) mass is 329 g/mol. The second-order valence-electron chi connectivity index (χ2n) is 5.87. The fourth-order valence-corrected chi connectivity index (χ4v) is 4.15. The average molecular weight is 330 g/mol. The molecular formula is C16H24ClNO2S. The Morgan fingerprint density at radius 1 is 1.33 bits per heavy atom. The Balaban J connectivity index is 2.00. The predicted molar refractivity (Wildman–Crippen MR) is 88.8 cm³/mol. The Morgan fingerprint density at radius 3 is 2.71 bits per heavy atom. The van der Waals surface area contributed by atoms with Gasteiger partial charge in [0.1, 0.15) is 9.84 Å². The van der Waals surface area contributed by atoms with E-state index >= 15 is 0 Å². The number of sulfone groups is 1. The van der Waals surface area contributed by atoms with Gasteiger partial charge in [0.05, 0.1) is 5.75 Å². The first-order chi connectivity index (χ1) is 10.00. The summed E-state index contributed by atoms with van der Waals surface area (Å²) in [6.07, 6.45) is 3.81. The SMILES string of the molecule is CCCS(=O)(=O)CCC(CNC1CC1)c1cccc(Cl)c1. The normalized spacial score (nSPS) is 16.9. The van der Waals surface area contributed by atoms with Gasteiger partial charge in [0.2, 0.25) is 0 Å². The molecule has 0 saturated heterocycles. The molecule has 1 fully saturated rings. The molecule has 1 saturated carbocycles. The van der Waals surface area contributed by atoms with Crippen LogP contribution >= 0.6 is 11.6 Å². The van der Waals surface area contributed by atoms with Crippen LogP contribution in [0.3, 0.4) is 0 Å². The lowest BCUT2D eigenvalue weighted by atomic mass is 9.96. The highest BCUT2D eigenvalue weighted by Crippen LogP contribution is 2.25. The zero-order valence-electron chi connectivity index (χ0n) is 12.5. The Labute approximate surface area is 133 Å². The number of nitrogens with one attached hydrogen (secondary N) is 1. The van der Waals surface area contributed by atoms with E-state index in [1.54, 1.807) is 0 Å². The topological polar surface area (TPSA) is 46.2 Å². The molecule has 1 aliphatic carbocycles. The zero-order chi connectivity index (χ0) is 15.3. The minimum absolute atomic E-state index is 0.205. The van der Waals surface area contributed by atoms with Gasteiger partial charge in [-0.25, -0.2) is 8.42 Å². The summed E-state index contributed by atoms with van der Waals surface area (Å²) in [6.45, 7) is 2.73. The standard InChI is InChI=1S/C16H24ClNO2S/c1-2-9-21(19,20)10-8-14(12-18-16-6-7-16)13-4-3-5-15(17)11-13/h3-5,11,14,16,18H,2,6-10,12H2,1H3. The van der Waals surface area contributed by atoms with Crippen molar-refractivity contribution in [1.82, 2.24) is 5.32 Å². The number of rotatable bonds is 9. The van der Waals surface area contributed by atoms with Crippen molar-refractivity contribution in [3.63, 3.8) is 0 Å². The van der Waals surface area contributed by atoms with Crippen LogP contribution < -0.4 is 5.32 Å². The highest BCUT2D eigenvalue weighted by atomic mass is 35.5. The lowest BCUT2D eigenvalue weighted by molar-refractivity contribution is 0.553.